The highest BCUT2D eigenvalue weighted by atomic mass is 16.5. The molecule has 2 fully saturated rings. The predicted octanol–water partition coefficient (Wildman–Crippen LogP) is 3.29. The Hall–Kier alpha value is -0.120. The molecule has 124 valence electrons. The molecule has 1 atom stereocenters. The van der Waals surface area contributed by atoms with E-state index in [4.69, 9.17) is 4.74 Å². The lowest BCUT2D eigenvalue weighted by Crippen LogP contribution is -2.63. The van der Waals surface area contributed by atoms with Crippen molar-refractivity contribution in [2.75, 3.05) is 32.8 Å². The van der Waals surface area contributed by atoms with E-state index in [9.17, 15) is 0 Å². The number of ether oxygens (including phenoxy) is 1. The van der Waals surface area contributed by atoms with E-state index in [1.807, 2.05) is 0 Å². The van der Waals surface area contributed by atoms with Gasteiger partial charge in [0.1, 0.15) is 0 Å². The van der Waals surface area contributed by atoms with Crippen LogP contribution >= 0.6 is 0 Å². The van der Waals surface area contributed by atoms with Crippen molar-refractivity contribution >= 4 is 0 Å². The van der Waals surface area contributed by atoms with Crippen LogP contribution in [0.1, 0.15) is 59.8 Å². The van der Waals surface area contributed by atoms with Gasteiger partial charge in [0.15, 0.2) is 0 Å². The molecule has 0 radical (unpaired) electrons. The Balaban J connectivity index is 2.05. The minimum absolute atomic E-state index is 0.226. The van der Waals surface area contributed by atoms with Crippen molar-refractivity contribution in [2.24, 2.45) is 11.8 Å². The van der Waals surface area contributed by atoms with Crippen LogP contribution in [0.5, 0.6) is 0 Å². The summed E-state index contributed by atoms with van der Waals surface area (Å²) in [5.41, 5.74) is 0.226. The standard InChI is InChI=1S/C18H36N2O/c1-5-10-19-17(16-8-6-15(2)7-9-16)18(3,4)20-11-13-21-14-12-20/h15-17,19H,5-14H2,1-4H3. The van der Waals surface area contributed by atoms with Gasteiger partial charge in [0, 0.05) is 24.7 Å². The summed E-state index contributed by atoms with van der Waals surface area (Å²) in [7, 11) is 0. The van der Waals surface area contributed by atoms with Crippen LogP contribution in [0.25, 0.3) is 0 Å². The lowest BCUT2D eigenvalue weighted by Gasteiger charge is -2.50. The number of rotatable bonds is 6. The maximum Gasteiger partial charge on any atom is 0.0594 e. The first kappa shape index (κ1) is 17.2. The molecule has 1 aliphatic heterocycles. The summed E-state index contributed by atoms with van der Waals surface area (Å²) in [6.07, 6.45) is 6.84. The highest BCUT2D eigenvalue weighted by Gasteiger charge is 2.40. The van der Waals surface area contributed by atoms with Gasteiger partial charge in [0.05, 0.1) is 13.2 Å². The highest BCUT2D eigenvalue weighted by Crippen LogP contribution is 2.36. The molecule has 0 aromatic heterocycles. The molecule has 1 heterocycles. The van der Waals surface area contributed by atoms with Crippen LogP contribution in [0.2, 0.25) is 0 Å². The van der Waals surface area contributed by atoms with Crippen molar-refractivity contribution in [1.29, 1.82) is 0 Å². The summed E-state index contributed by atoms with van der Waals surface area (Å²) in [4.78, 5) is 2.65. The Morgan fingerprint density at radius 2 is 1.76 bits per heavy atom. The third-order valence-corrected chi connectivity index (χ3v) is 5.73. The minimum Gasteiger partial charge on any atom is -0.379 e. The molecule has 1 saturated carbocycles. The second-order valence-electron chi connectivity index (χ2n) is 7.70. The van der Waals surface area contributed by atoms with Gasteiger partial charge in [-0.3, -0.25) is 4.90 Å². The zero-order chi connectivity index (χ0) is 15.3. The van der Waals surface area contributed by atoms with Gasteiger partial charge in [0.2, 0.25) is 0 Å². The Kier molecular flexibility index (Phi) is 6.51. The van der Waals surface area contributed by atoms with Gasteiger partial charge in [-0.15, -0.1) is 0 Å². The van der Waals surface area contributed by atoms with Gasteiger partial charge in [-0.2, -0.15) is 0 Å². The molecular formula is C18H36N2O. The highest BCUT2D eigenvalue weighted by molar-refractivity contribution is 4.98. The molecule has 1 N–H and O–H groups in total. The summed E-state index contributed by atoms with van der Waals surface area (Å²) in [6, 6.07) is 0.614. The second kappa shape index (κ2) is 7.94. The summed E-state index contributed by atoms with van der Waals surface area (Å²) in [5, 5.41) is 3.91. The molecule has 0 spiro atoms. The summed E-state index contributed by atoms with van der Waals surface area (Å²) >= 11 is 0. The van der Waals surface area contributed by atoms with Crippen molar-refractivity contribution < 1.29 is 4.74 Å². The molecule has 1 saturated heterocycles. The van der Waals surface area contributed by atoms with E-state index in [2.05, 4.69) is 37.9 Å². The number of nitrogens with one attached hydrogen (secondary N) is 1. The second-order valence-corrected chi connectivity index (χ2v) is 7.70. The maximum atomic E-state index is 5.55. The molecule has 3 heteroatoms. The topological polar surface area (TPSA) is 24.5 Å². The van der Waals surface area contributed by atoms with Crippen LogP contribution in [0.15, 0.2) is 0 Å². The first-order chi connectivity index (χ1) is 10.1. The summed E-state index contributed by atoms with van der Waals surface area (Å²) < 4.78 is 5.55. The Bertz CT molecular complexity index is 292. The largest absolute Gasteiger partial charge is 0.379 e. The van der Waals surface area contributed by atoms with Crippen LogP contribution in [-0.2, 0) is 4.74 Å². The molecule has 2 rings (SSSR count). The summed E-state index contributed by atoms with van der Waals surface area (Å²) in [6.45, 7) is 14.7. The zero-order valence-corrected chi connectivity index (χ0v) is 14.7. The summed E-state index contributed by atoms with van der Waals surface area (Å²) in [5.74, 6) is 1.77. The predicted molar refractivity (Wildman–Crippen MR) is 89.7 cm³/mol. The molecule has 21 heavy (non-hydrogen) atoms. The Morgan fingerprint density at radius 1 is 1.14 bits per heavy atom. The van der Waals surface area contributed by atoms with Crippen LogP contribution in [-0.4, -0.2) is 49.3 Å². The number of nitrogens with zero attached hydrogens (tertiary/aromatic N) is 1. The van der Waals surface area contributed by atoms with E-state index in [-0.39, 0.29) is 5.54 Å². The third-order valence-electron chi connectivity index (χ3n) is 5.73. The molecule has 3 nitrogen and oxygen atoms in total. The first-order valence-electron chi connectivity index (χ1n) is 9.12. The number of hydrogen-bond acceptors (Lipinski definition) is 3. The number of morpholine rings is 1. The van der Waals surface area contributed by atoms with Gasteiger partial charge in [-0.05, 0) is 51.5 Å². The smallest absolute Gasteiger partial charge is 0.0594 e. The average molecular weight is 296 g/mol. The van der Waals surface area contributed by atoms with E-state index >= 15 is 0 Å². The number of hydrogen-bond donors (Lipinski definition) is 1. The van der Waals surface area contributed by atoms with Crippen molar-refractivity contribution in [3.8, 4) is 0 Å². The van der Waals surface area contributed by atoms with Gasteiger partial charge >= 0.3 is 0 Å². The molecule has 1 unspecified atom stereocenters. The van der Waals surface area contributed by atoms with E-state index in [0.29, 0.717) is 6.04 Å². The SMILES string of the molecule is CCCNC(C1CCC(C)CC1)C(C)(C)N1CCOCC1. The first-order valence-corrected chi connectivity index (χ1v) is 9.12. The van der Waals surface area contributed by atoms with Crippen LogP contribution in [0.3, 0.4) is 0 Å². The molecular weight excluding hydrogens is 260 g/mol. The molecule has 2 aliphatic rings. The van der Waals surface area contributed by atoms with E-state index in [0.717, 1.165) is 44.7 Å². The van der Waals surface area contributed by atoms with Crippen molar-refractivity contribution in [3.05, 3.63) is 0 Å². The third kappa shape index (κ3) is 4.43. The van der Waals surface area contributed by atoms with E-state index in [1.165, 1.54) is 32.1 Å². The fraction of sp³-hybridized carbons (Fsp3) is 1.00. The van der Waals surface area contributed by atoms with E-state index in [1.54, 1.807) is 0 Å². The van der Waals surface area contributed by atoms with Crippen molar-refractivity contribution in [1.82, 2.24) is 10.2 Å². The van der Waals surface area contributed by atoms with Crippen LogP contribution in [0, 0.1) is 11.8 Å². The molecule has 0 aromatic rings. The molecule has 0 aromatic carbocycles. The van der Waals surface area contributed by atoms with Crippen LogP contribution < -0.4 is 5.32 Å². The minimum atomic E-state index is 0.226. The van der Waals surface area contributed by atoms with Gasteiger partial charge in [-0.25, -0.2) is 0 Å². The maximum absolute atomic E-state index is 5.55. The van der Waals surface area contributed by atoms with Crippen LogP contribution in [0.4, 0.5) is 0 Å². The molecule has 0 bridgehead atoms. The van der Waals surface area contributed by atoms with Gasteiger partial charge < -0.3 is 10.1 Å². The lowest BCUT2D eigenvalue weighted by atomic mass is 9.73. The van der Waals surface area contributed by atoms with Crippen molar-refractivity contribution in [2.45, 2.75) is 71.4 Å². The quantitative estimate of drug-likeness (QED) is 0.814. The Morgan fingerprint density at radius 3 is 2.33 bits per heavy atom. The fourth-order valence-corrected chi connectivity index (χ4v) is 4.25. The molecule has 0 amide bonds. The monoisotopic (exact) mass is 296 g/mol. The van der Waals surface area contributed by atoms with E-state index < -0.39 is 0 Å². The van der Waals surface area contributed by atoms with Gasteiger partial charge in [0.25, 0.3) is 0 Å². The molecule has 1 aliphatic carbocycles. The van der Waals surface area contributed by atoms with Gasteiger partial charge in [-0.1, -0.05) is 26.7 Å². The zero-order valence-electron chi connectivity index (χ0n) is 14.7. The normalized spacial score (nSPS) is 30.3. The average Bonchev–Trinajstić information content (AvgIpc) is 2.50. The van der Waals surface area contributed by atoms with Crippen molar-refractivity contribution in [3.63, 3.8) is 0 Å². The lowest BCUT2D eigenvalue weighted by molar-refractivity contribution is -0.0352. The Labute approximate surface area is 131 Å². The fourth-order valence-electron chi connectivity index (χ4n) is 4.25.